The quantitative estimate of drug-likeness (QED) is 0.785. The Bertz CT molecular complexity index is 888. The van der Waals surface area contributed by atoms with Gasteiger partial charge in [0, 0.05) is 38.1 Å². The molecule has 1 fully saturated rings. The molecule has 2 aliphatic heterocycles. The fourth-order valence-electron chi connectivity index (χ4n) is 4.28. The minimum Gasteiger partial charge on any atom is -0.340 e. The van der Waals surface area contributed by atoms with E-state index in [1.54, 1.807) is 23.2 Å². The van der Waals surface area contributed by atoms with Gasteiger partial charge < -0.3 is 4.90 Å². The molecular weight excluding hydrogens is 364 g/mol. The third-order valence-electron chi connectivity index (χ3n) is 5.86. The van der Waals surface area contributed by atoms with E-state index >= 15 is 0 Å². The van der Waals surface area contributed by atoms with Crippen LogP contribution >= 0.6 is 0 Å². The maximum atomic E-state index is 13.1. The number of pyridine rings is 1. The van der Waals surface area contributed by atoms with Gasteiger partial charge in [-0.2, -0.15) is 0 Å². The van der Waals surface area contributed by atoms with Gasteiger partial charge >= 0.3 is 0 Å². The maximum Gasteiger partial charge on any atom is 0.260 e. The first-order valence-corrected chi connectivity index (χ1v) is 10.4. The van der Waals surface area contributed by atoms with E-state index in [-0.39, 0.29) is 24.3 Å². The molecule has 0 unspecified atom stereocenters. The minimum atomic E-state index is -0.359. The Morgan fingerprint density at radius 1 is 1.10 bits per heavy atom. The highest BCUT2D eigenvalue weighted by molar-refractivity contribution is 6.11. The molecule has 2 aromatic rings. The number of aromatic nitrogens is 1. The second kappa shape index (κ2) is 8.33. The van der Waals surface area contributed by atoms with Crippen LogP contribution in [0, 0.1) is 6.92 Å². The van der Waals surface area contributed by atoms with Crippen LogP contribution in [0.1, 0.15) is 47.4 Å². The lowest BCUT2D eigenvalue weighted by molar-refractivity contribution is -0.133. The first kappa shape index (κ1) is 19.6. The predicted octanol–water partition coefficient (Wildman–Crippen LogP) is 3.04. The fraction of sp³-hybridized carbons (Fsp3) is 0.435. The zero-order valence-electron chi connectivity index (χ0n) is 17.2. The van der Waals surface area contributed by atoms with Crippen molar-refractivity contribution in [2.45, 2.75) is 32.7 Å². The molecule has 6 nitrogen and oxygen atoms in total. The molecule has 4 rings (SSSR count). The molecular formula is C23H28N4O2. The Balaban J connectivity index is 1.55. The van der Waals surface area contributed by atoms with Crippen LogP contribution in [0.25, 0.3) is 0 Å². The molecule has 0 saturated carbocycles. The van der Waals surface area contributed by atoms with Crippen molar-refractivity contribution in [1.29, 1.82) is 0 Å². The van der Waals surface area contributed by atoms with Gasteiger partial charge in [-0.25, -0.2) is 0 Å². The summed E-state index contributed by atoms with van der Waals surface area (Å²) in [4.78, 5) is 36.8. The molecule has 2 amide bonds. The van der Waals surface area contributed by atoms with Gasteiger partial charge in [0.05, 0.1) is 23.7 Å². The van der Waals surface area contributed by atoms with Crippen molar-refractivity contribution in [3.05, 3.63) is 59.4 Å². The molecule has 152 valence electrons. The summed E-state index contributed by atoms with van der Waals surface area (Å²) in [5.74, 6) is 0.0112. The summed E-state index contributed by atoms with van der Waals surface area (Å²) in [6.07, 6.45) is 3.09. The monoisotopic (exact) mass is 392 g/mol. The first-order valence-electron chi connectivity index (χ1n) is 10.4. The summed E-state index contributed by atoms with van der Waals surface area (Å²) in [7, 11) is 0. The number of anilines is 1. The number of hydrogen-bond donors (Lipinski definition) is 0. The lowest BCUT2D eigenvalue weighted by atomic mass is 10.1. The van der Waals surface area contributed by atoms with Crippen LogP contribution in [0.5, 0.6) is 0 Å². The van der Waals surface area contributed by atoms with Gasteiger partial charge in [-0.3, -0.25) is 24.4 Å². The van der Waals surface area contributed by atoms with Crippen molar-refractivity contribution in [2.75, 3.05) is 37.6 Å². The highest BCUT2D eigenvalue weighted by Crippen LogP contribution is 2.38. The van der Waals surface area contributed by atoms with E-state index in [0.717, 1.165) is 50.4 Å². The van der Waals surface area contributed by atoms with Gasteiger partial charge in [-0.1, -0.05) is 24.6 Å². The number of piperazine rings is 1. The van der Waals surface area contributed by atoms with Crippen LogP contribution in [0.4, 0.5) is 5.69 Å². The van der Waals surface area contributed by atoms with E-state index in [0.29, 0.717) is 11.3 Å². The summed E-state index contributed by atoms with van der Waals surface area (Å²) < 4.78 is 0. The molecule has 6 heteroatoms. The summed E-state index contributed by atoms with van der Waals surface area (Å²) >= 11 is 0. The molecule has 3 heterocycles. The molecule has 29 heavy (non-hydrogen) atoms. The molecule has 0 aliphatic carbocycles. The van der Waals surface area contributed by atoms with Gasteiger partial charge in [-0.15, -0.1) is 0 Å². The van der Waals surface area contributed by atoms with E-state index in [9.17, 15) is 9.59 Å². The molecule has 0 spiro atoms. The van der Waals surface area contributed by atoms with Crippen LogP contribution in [-0.4, -0.2) is 59.3 Å². The Hall–Kier alpha value is -2.73. The Morgan fingerprint density at radius 2 is 1.83 bits per heavy atom. The van der Waals surface area contributed by atoms with Crippen LogP contribution in [0.15, 0.2) is 42.6 Å². The highest BCUT2D eigenvalue weighted by atomic mass is 16.2. The third-order valence-corrected chi connectivity index (χ3v) is 5.86. The van der Waals surface area contributed by atoms with Gasteiger partial charge in [0.1, 0.15) is 0 Å². The molecule has 1 aromatic carbocycles. The number of fused-ring (bicyclic) bond motifs is 1. The second-order valence-corrected chi connectivity index (χ2v) is 7.89. The van der Waals surface area contributed by atoms with Crippen LogP contribution in [0.2, 0.25) is 0 Å². The lowest BCUT2D eigenvalue weighted by Crippen LogP contribution is -2.49. The van der Waals surface area contributed by atoms with Gasteiger partial charge in [0.15, 0.2) is 0 Å². The number of carbonyl (C=O) groups excluding carboxylic acids is 2. The van der Waals surface area contributed by atoms with Crippen molar-refractivity contribution in [3.63, 3.8) is 0 Å². The number of nitrogens with zero attached hydrogens (tertiary/aromatic N) is 4. The number of carbonyl (C=O) groups is 2. The van der Waals surface area contributed by atoms with Crippen molar-refractivity contribution in [3.8, 4) is 0 Å². The number of benzene rings is 1. The van der Waals surface area contributed by atoms with Gasteiger partial charge in [0.25, 0.3) is 5.91 Å². The normalized spacial score (nSPS) is 19.5. The Morgan fingerprint density at radius 3 is 2.52 bits per heavy atom. The standard InChI is InChI=1S/C23H28N4O2/c1-3-11-25-12-14-26(15-13-25)21(28)16-20-22-19(5-4-10-24-22)23(29)27(20)18-8-6-17(2)7-9-18/h4-10,20H,3,11-16H2,1-2H3/t20-/m1/s1. The largest absolute Gasteiger partial charge is 0.340 e. The smallest absolute Gasteiger partial charge is 0.260 e. The molecule has 1 aromatic heterocycles. The van der Waals surface area contributed by atoms with Crippen LogP contribution < -0.4 is 4.90 Å². The number of hydrogen-bond acceptors (Lipinski definition) is 4. The number of aryl methyl sites for hydroxylation is 1. The molecule has 1 atom stereocenters. The van der Waals surface area contributed by atoms with E-state index < -0.39 is 0 Å². The summed E-state index contributed by atoms with van der Waals surface area (Å²) in [5, 5.41) is 0. The number of amides is 2. The minimum absolute atomic E-state index is 0.0810. The zero-order valence-corrected chi connectivity index (χ0v) is 17.2. The maximum absolute atomic E-state index is 13.1. The lowest BCUT2D eigenvalue weighted by Gasteiger charge is -2.35. The van der Waals surface area contributed by atoms with E-state index in [1.165, 1.54) is 0 Å². The van der Waals surface area contributed by atoms with Gasteiger partial charge in [0.2, 0.25) is 5.91 Å². The highest BCUT2D eigenvalue weighted by Gasteiger charge is 2.40. The van der Waals surface area contributed by atoms with E-state index in [2.05, 4.69) is 16.8 Å². The topological polar surface area (TPSA) is 56.8 Å². The Labute approximate surface area is 172 Å². The molecule has 1 saturated heterocycles. The van der Waals surface area contributed by atoms with Gasteiger partial charge in [-0.05, 0) is 44.2 Å². The van der Waals surface area contributed by atoms with Crippen molar-refractivity contribution in [1.82, 2.24) is 14.8 Å². The molecule has 0 bridgehead atoms. The predicted molar refractivity (Wildman–Crippen MR) is 113 cm³/mol. The average molecular weight is 393 g/mol. The first-order chi connectivity index (χ1) is 14.1. The molecule has 2 aliphatic rings. The Kier molecular flexibility index (Phi) is 5.62. The number of rotatable bonds is 5. The average Bonchev–Trinajstić information content (AvgIpc) is 3.01. The van der Waals surface area contributed by atoms with E-state index in [4.69, 9.17) is 0 Å². The fourth-order valence-corrected chi connectivity index (χ4v) is 4.28. The third kappa shape index (κ3) is 3.90. The second-order valence-electron chi connectivity index (χ2n) is 7.89. The molecule has 0 N–H and O–H groups in total. The summed E-state index contributed by atoms with van der Waals surface area (Å²) in [6.45, 7) is 8.61. The van der Waals surface area contributed by atoms with Crippen molar-refractivity contribution >= 4 is 17.5 Å². The van der Waals surface area contributed by atoms with E-state index in [1.807, 2.05) is 36.1 Å². The SMILES string of the molecule is CCCN1CCN(C(=O)C[C@@H]2c3ncccc3C(=O)N2c2ccc(C)cc2)CC1. The zero-order chi connectivity index (χ0) is 20.4. The summed E-state index contributed by atoms with van der Waals surface area (Å²) in [6, 6.07) is 11.1. The van der Waals surface area contributed by atoms with Crippen LogP contribution in [0.3, 0.4) is 0 Å². The molecule has 0 radical (unpaired) electrons. The van der Waals surface area contributed by atoms with Crippen molar-refractivity contribution in [2.24, 2.45) is 0 Å². The van der Waals surface area contributed by atoms with Crippen molar-refractivity contribution < 1.29 is 9.59 Å². The summed E-state index contributed by atoms with van der Waals surface area (Å²) in [5.41, 5.74) is 3.24. The van der Waals surface area contributed by atoms with Crippen LogP contribution in [-0.2, 0) is 4.79 Å².